The zero-order valence-electron chi connectivity index (χ0n) is 62.0. The first-order valence-corrected chi connectivity index (χ1v) is 42.9. The number of carbonyl (C=O) groups is 2. The summed E-state index contributed by atoms with van der Waals surface area (Å²) < 4.78 is 86.1. The van der Waals surface area contributed by atoms with E-state index in [0.29, 0.717) is 61.1 Å². The zero-order chi connectivity index (χ0) is 72.5. The van der Waals surface area contributed by atoms with Gasteiger partial charge in [-0.1, -0.05) is 73.5 Å². The van der Waals surface area contributed by atoms with Crippen LogP contribution in [0.4, 0.5) is 11.4 Å². The molecule has 2 spiro atoms. The summed E-state index contributed by atoms with van der Waals surface area (Å²) in [6.45, 7) is 21.8. The fourth-order valence-corrected chi connectivity index (χ4v) is 23.7. The van der Waals surface area contributed by atoms with Crippen LogP contribution >= 0.6 is 23.2 Å². The third kappa shape index (κ3) is 14.6. The Bertz CT molecular complexity index is 3900. The molecule has 4 bridgehead atoms. The Morgan fingerprint density at radius 1 is 0.519 bits per heavy atom. The molecular weight excluding hydrogens is 1390 g/mol. The monoisotopic (exact) mass is 1500 g/mol. The van der Waals surface area contributed by atoms with E-state index in [2.05, 4.69) is 87.4 Å². The van der Waals surface area contributed by atoms with Crippen molar-refractivity contribution in [3.8, 4) is 11.5 Å². The lowest BCUT2D eigenvalue weighted by Crippen LogP contribution is -2.60. The topological polar surface area (TPSA) is 183 Å². The highest BCUT2D eigenvalue weighted by atomic mass is 35.5. The number of hydrogen-bond acceptors (Lipinski definition) is 16. The van der Waals surface area contributed by atoms with Gasteiger partial charge >= 0.3 is 0 Å². The van der Waals surface area contributed by atoms with E-state index in [-0.39, 0.29) is 34.5 Å². The van der Waals surface area contributed by atoms with Crippen LogP contribution in [0.25, 0.3) is 0 Å². The number of halogens is 2. The average molecular weight is 1500 g/mol. The maximum Gasteiger partial charge on any atom is 0.264 e. The highest BCUT2D eigenvalue weighted by Gasteiger charge is 2.53. The second-order valence-corrected chi connectivity index (χ2v) is 38.5. The highest BCUT2D eigenvalue weighted by molar-refractivity contribution is 7.91. The number of fused-ring (bicyclic) bond motifs is 10. The Morgan fingerprint density at radius 3 is 1.36 bits per heavy atom. The summed E-state index contributed by atoms with van der Waals surface area (Å²) in [5, 5.41) is -0.0244. The Hall–Kier alpha value is -5.26. The van der Waals surface area contributed by atoms with Gasteiger partial charge in [-0.05, 0) is 248 Å². The van der Waals surface area contributed by atoms with Crippen LogP contribution in [0, 0.1) is 35.5 Å². The molecule has 16 rings (SSSR count). The minimum Gasteiger partial charge on any atom is -0.490 e. The van der Waals surface area contributed by atoms with Crippen LogP contribution < -0.4 is 28.7 Å². The van der Waals surface area contributed by atoms with Crippen LogP contribution in [0.1, 0.15) is 161 Å². The quantitative estimate of drug-likeness (QED) is 0.174. The molecule has 22 heteroatoms. The minimum atomic E-state index is -3.94. The van der Waals surface area contributed by atoms with Crippen LogP contribution in [0.5, 0.6) is 11.5 Å². The molecule has 104 heavy (non-hydrogen) atoms. The zero-order valence-corrected chi connectivity index (χ0v) is 65.1. The van der Waals surface area contributed by atoms with Gasteiger partial charge in [0.05, 0.1) is 35.1 Å². The number of ether oxygens (including phenoxy) is 4. The van der Waals surface area contributed by atoms with Crippen LogP contribution in [0.15, 0.2) is 97.1 Å². The Kier molecular flexibility index (Phi) is 21.4. The third-order valence-corrected chi connectivity index (χ3v) is 31.8. The molecule has 4 aromatic carbocycles. The fraction of sp³-hybridized carbons (Fsp3) is 0.634. The van der Waals surface area contributed by atoms with E-state index in [1.165, 1.54) is 61.0 Å². The third-order valence-electron chi connectivity index (χ3n) is 27.5. The van der Waals surface area contributed by atoms with Crippen molar-refractivity contribution in [3.63, 3.8) is 0 Å². The van der Waals surface area contributed by atoms with E-state index in [4.69, 9.17) is 42.1 Å². The lowest BCUT2D eigenvalue weighted by molar-refractivity contribution is -0.0975. The van der Waals surface area contributed by atoms with Crippen LogP contribution in [-0.4, -0.2) is 201 Å². The SMILES string of the molecule is CO[C@]1(CN2CCN3CCC[C@@H]3C2)/C=C/C[C@H](C)[C@@H](C)S(=O)(=O)NC(=O)c2ccc3c(c2)N(C[C@@H]2CC[C@H]21)C[C@@]1(CCCc2cc(Cl)ccc21)CO3.CO[C@]1(CN2CCN3CCC[C@H]3C2)/C=C/C[C@H](C)[C@@H](C)S(=O)(=O)NC(=O)c2ccc3c(c2)N(C[C@@H]2CC[C@H]21)C[C@@]1(CCCc2cc(Cl)ccc21)CO3. The number of nitrogens with zero attached hydrogens (tertiary/aromatic N) is 6. The molecule has 2 amide bonds. The molecule has 0 unspecified atom stereocenters. The standard InChI is InChI=1S/2C41H55ClN4O5S/c2*1-28-7-4-17-41(50-3,26-44-19-20-45-18-6-9-34(45)24-44)36-13-10-32(36)23-46-25-40(16-5-8-30-21-33(42)12-14-35(30)40)27-51-38-15-11-31(22-37(38)46)39(47)43-52(48,49)29(28)2/h2*4,11-12,14-15,17,21-22,28-29,32,34,36H,5-10,13,16,18-20,23-27H2,1-3H3,(H,43,47)/b2*17-4+/t28-,29+,32-,34+,36+,40-,41-;28-,29+,32-,34-,36+,40-,41-/m00/s1. The van der Waals surface area contributed by atoms with Crippen LogP contribution in [0.2, 0.25) is 10.0 Å². The van der Waals surface area contributed by atoms with E-state index in [0.717, 1.165) is 176 Å². The number of hydrogen-bond donors (Lipinski definition) is 2. The predicted octanol–water partition coefficient (Wildman–Crippen LogP) is 12.1. The number of benzene rings is 4. The summed E-state index contributed by atoms with van der Waals surface area (Å²) in [5.74, 6) is 1.11. The summed E-state index contributed by atoms with van der Waals surface area (Å²) in [6, 6.07) is 24.6. The second kappa shape index (κ2) is 30.0. The maximum absolute atomic E-state index is 13.6. The summed E-state index contributed by atoms with van der Waals surface area (Å²) in [5.41, 5.74) is 5.95. The van der Waals surface area contributed by atoms with E-state index in [1.54, 1.807) is 26.0 Å². The van der Waals surface area contributed by atoms with Gasteiger partial charge in [-0.2, -0.15) is 0 Å². The largest absolute Gasteiger partial charge is 0.490 e. The van der Waals surface area contributed by atoms with Crippen LogP contribution in [0.3, 0.4) is 0 Å². The van der Waals surface area contributed by atoms with E-state index < -0.39 is 53.6 Å². The highest BCUT2D eigenvalue weighted by Crippen LogP contribution is 2.53. The number of nitrogens with one attached hydrogen (secondary N) is 2. The van der Waals surface area contributed by atoms with Gasteiger partial charge in [0.1, 0.15) is 22.7 Å². The molecule has 2 N–H and O–H groups in total. The van der Waals surface area contributed by atoms with Gasteiger partial charge in [0, 0.05) is 137 Å². The lowest BCUT2D eigenvalue weighted by Gasteiger charge is -2.52. The predicted molar refractivity (Wildman–Crippen MR) is 412 cm³/mol. The molecule has 14 atom stereocenters. The van der Waals surface area contributed by atoms with Crippen LogP contribution in [-0.2, 0) is 53.2 Å². The summed E-state index contributed by atoms with van der Waals surface area (Å²) in [6.07, 6.45) is 25.5. The number of carbonyl (C=O) groups excluding carboxylic acids is 2. The van der Waals surface area contributed by atoms with Gasteiger partial charge in [0.15, 0.2) is 0 Å². The van der Waals surface area contributed by atoms with Crippen molar-refractivity contribution in [2.24, 2.45) is 35.5 Å². The van der Waals surface area contributed by atoms with Crippen molar-refractivity contribution in [1.29, 1.82) is 0 Å². The molecule has 4 aliphatic carbocycles. The van der Waals surface area contributed by atoms with Crippen molar-refractivity contribution in [3.05, 3.63) is 141 Å². The first-order chi connectivity index (χ1) is 50.0. The Labute approximate surface area is 628 Å². The lowest BCUT2D eigenvalue weighted by atomic mass is 9.63. The van der Waals surface area contributed by atoms with Crippen molar-refractivity contribution in [2.45, 2.75) is 175 Å². The molecule has 18 nitrogen and oxygen atoms in total. The molecule has 4 saturated heterocycles. The van der Waals surface area contributed by atoms with Crippen molar-refractivity contribution < 1.29 is 45.4 Å². The maximum atomic E-state index is 13.6. The number of methoxy groups -OCH3 is 2. The molecule has 8 aliphatic heterocycles. The van der Waals surface area contributed by atoms with E-state index in [1.807, 2.05) is 64.5 Å². The number of aryl methyl sites for hydroxylation is 2. The van der Waals surface area contributed by atoms with Gasteiger partial charge in [0.2, 0.25) is 20.0 Å². The number of amides is 2. The first-order valence-electron chi connectivity index (χ1n) is 39.1. The van der Waals surface area contributed by atoms with Crippen molar-refractivity contribution in [1.82, 2.24) is 29.0 Å². The molecule has 8 heterocycles. The summed E-state index contributed by atoms with van der Waals surface area (Å²) >= 11 is 13.0. The normalized spacial score (nSPS) is 35.7. The van der Waals surface area contributed by atoms with Gasteiger partial charge in [-0.15, -0.1) is 0 Å². The van der Waals surface area contributed by atoms with Crippen molar-refractivity contribution in [2.75, 3.05) is 129 Å². The second-order valence-electron chi connectivity index (χ2n) is 33.5. The Morgan fingerprint density at radius 2 is 0.952 bits per heavy atom. The Balaban J connectivity index is 0.000000167. The average Bonchev–Trinajstić information content (AvgIpc) is 1.41. The van der Waals surface area contributed by atoms with Gasteiger partial charge in [0.25, 0.3) is 11.8 Å². The molecule has 0 aromatic heterocycles. The molecule has 12 aliphatic rings. The molecule has 564 valence electrons. The molecule has 2 saturated carbocycles. The van der Waals surface area contributed by atoms with Gasteiger partial charge in [-0.25, -0.2) is 26.3 Å². The smallest absolute Gasteiger partial charge is 0.264 e. The summed E-state index contributed by atoms with van der Waals surface area (Å²) in [4.78, 5) is 42.8. The fourth-order valence-electron chi connectivity index (χ4n) is 20.7. The molecule has 0 radical (unpaired) electrons. The minimum absolute atomic E-state index is 0.205. The number of rotatable bonds is 6. The number of sulfonamides is 2. The van der Waals surface area contributed by atoms with Gasteiger partial charge < -0.3 is 28.7 Å². The summed E-state index contributed by atoms with van der Waals surface area (Å²) in [7, 11) is -4.14. The molecule has 6 fully saturated rings. The first kappa shape index (κ1) is 74.2. The van der Waals surface area contributed by atoms with Crippen molar-refractivity contribution >= 4 is 66.4 Å². The van der Waals surface area contributed by atoms with Gasteiger partial charge in [-0.3, -0.25) is 29.2 Å². The molecule has 4 aromatic rings. The number of allylic oxidation sites excluding steroid dienone is 2. The van der Waals surface area contributed by atoms with E-state index >= 15 is 0 Å². The van der Waals surface area contributed by atoms with E-state index in [9.17, 15) is 26.4 Å². The number of anilines is 2. The molecular formula is C82H110Cl2N8O10S2. The number of piperazine rings is 2.